The molecule has 0 unspecified atom stereocenters. The molecule has 4 N–H and O–H groups in total. The predicted molar refractivity (Wildman–Crippen MR) is 70.6 cm³/mol. The molecule has 1 aliphatic rings. The third-order valence-electron chi connectivity index (χ3n) is 3.12. The van der Waals surface area contributed by atoms with Gasteiger partial charge in [-0.1, -0.05) is 0 Å². The summed E-state index contributed by atoms with van der Waals surface area (Å²) in [5.74, 6) is -0.135. The van der Waals surface area contributed by atoms with Gasteiger partial charge in [0.05, 0.1) is 17.9 Å². The van der Waals surface area contributed by atoms with Crippen LogP contribution in [0.5, 0.6) is 0 Å². The number of aromatic amines is 1. The molecule has 7 nitrogen and oxygen atoms in total. The molecule has 1 heterocycles. The van der Waals surface area contributed by atoms with Gasteiger partial charge in [0.1, 0.15) is 0 Å². The number of nitrogens with one attached hydrogen (secondary N) is 2. The van der Waals surface area contributed by atoms with Crippen molar-refractivity contribution >= 4 is 17.5 Å². The van der Waals surface area contributed by atoms with Crippen LogP contribution in [0.4, 0.5) is 5.69 Å². The van der Waals surface area contributed by atoms with E-state index in [9.17, 15) is 9.59 Å². The van der Waals surface area contributed by atoms with Gasteiger partial charge in [-0.15, -0.1) is 0 Å². The van der Waals surface area contributed by atoms with Gasteiger partial charge in [0.15, 0.2) is 5.69 Å². The highest BCUT2D eigenvalue weighted by molar-refractivity contribution is 5.99. The maximum Gasteiger partial charge on any atom is 0.276 e. The summed E-state index contributed by atoms with van der Waals surface area (Å²) < 4.78 is 0. The van der Waals surface area contributed by atoms with E-state index in [0.29, 0.717) is 18.2 Å². The summed E-state index contributed by atoms with van der Waals surface area (Å²) >= 11 is 0. The molecular weight excluding hydrogens is 246 g/mol. The number of hydrogen-bond donors (Lipinski definition) is 3. The van der Waals surface area contributed by atoms with E-state index in [4.69, 9.17) is 5.73 Å². The molecule has 1 saturated carbocycles. The third-order valence-corrected chi connectivity index (χ3v) is 3.12. The molecule has 0 atom stereocenters. The first-order chi connectivity index (χ1) is 9.04. The molecule has 0 bridgehead atoms. The van der Waals surface area contributed by atoms with Crippen LogP contribution in [-0.2, 0) is 4.79 Å². The van der Waals surface area contributed by atoms with Gasteiger partial charge < -0.3 is 16.0 Å². The highest BCUT2D eigenvalue weighted by atomic mass is 16.2. The Balaban J connectivity index is 2.04. The fraction of sp³-hybridized carbons (Fsp3) is 0.583. The Morgan fingerprint density at radius 3 is 2.79 bits per heavy atom. The van der Waals surface area contributed by atoms with Crippen molar-refractivity contribution in [2.45, 2.75) is 25.7 Å². The number of amides is 2. The topological polar surface area (TPSA) is 104 Å². The highest BCUT2D eigenvalue weighted by Crippen LogP contribution is 2.42. The second-order valence-corrected chi connectivity index (χ2v) is 4.79. The maximum atomic E-state index is 12.1. The first-order valence-corrected chi connectivity index (χ1v) is 6.40. The van der Waals surface area contributed by atoms with Gasteiger partial charge in [-0.05, 0) is 19.8 Å². The number of nitrogen functional groups attached to an aromatic ring is 1. The van der Waals surface area contributed by atoms with Crippen molar-refractivity contribution in [3.8, 4) is 0 Å². The lowest BCUT2D eigenvalue weighted by Crippen LogP contribution is -2.38. The van der Waals surface area contributed by atoms with Crippen molar-refractivity contribution in [2.75, 3.05) is 25.9 Å². The summed E-state index contributed by atoms with van der Waals surface area (Å²) in [7, 11) is 1.56. The van der Waals surface area contributed by atoms with Crippen molar-refractivity contribution in [1.82, 2.24) is 20.4 Å². The van der Waals surface area contributed by atoms with E-state index in [2.05, 4.69) is 15.5 Å². The molecule has 0 aromatic carbocycles. The summed E-state index contributed by atoms with van der Waals surface area (Å²) in [4.78, 5) is 24.9. The van der Waals surface area contributed by atoms with Crippen molar-refractivity contribution in [3.63, 3.8) is 0 Å². The van der Waals surface area contributed by atoms with Crippen LogP contribution < -0.4 is 11.1 Å². The van der Waals surface area contributed by atoms with Crippen molar-refractivity contribution < 1.29 is 9.59 Å². The van der Waals surface area contributed by atoms with Crippen LogP contribution in [0.25, 0.3) is 0 Å². The second-order valence-electron chi connectivity index (χ2n) is 4.79. The average Bonchev–Trinajstić information content (AvgIpc) is 3.12. The quantitative estimate of drug-likeness (QED) is 0.701. The minimum absolute atomic E-state index is 0.00225. The molecule has 2 rings (SSSR count). The van der Waals surface area contributed by atoms with E-state index < -0.39 is 0 Å². The zero-order valence-corrected chi connectivity index (χ0v) is 11.2. The van der Waals surface area contributed by atoms with Crippen molar-refractivity contribution in [1.29, 1.82) is 0 Å². The normalized spacial score (nSPS) is 14.2. The molecule has 2 amide bonds. The molecule has 1 fully saturated rings. The fourth-order valence-corrected chi connectivity index (χ4v) is 1.93. The lowest BCUT2D eigenvalue weighted by Gasteiger charge is -2.15. The number of likely N-dealkylation sites (N-methyl/N-ethyl adjacent to an activating group) is 2. The Hall–Kier alpha value is -2.05. The maximum absolute atomic E-state index is 12.1. The predicted octanol–water partition coefficient (Wildman–Crippen LogP) is 0.0774. The van der Waals surface area contributed by atoms with E-state index in [1.54, 1.807) is 7.05 Å². The Morgan fingerprint density at radius 1 is 1.53 bits per heavy atom. The van der Waals surface area contributed by atoms with E-state index in [-0.39, 0.29) is 24.1 Å². The molecular formula is C12H19N5O2. The Labute approximate surface area is 111 Å². The summed E-state index contributed by atoms with van der Waals surface area (Å²) in [6.45, 7) is 2.36. The van der Waals surface area contributed by atoms with Crippen LogP contribution in [-0.4, -0.2) is 47.0 Å². The molecule has 0 spiro atoms. The van der Waals surface area contributed by atoms with Crippen molar-refractivity contribution in [2.24, 2.45) is 0 Å². The number of carbonyl (C=O) groups is 2. The van der Waals surface area contributed by atoms with E-state index in [1.807, 2.05) is 6.92 Å². The zero-order valence-electron chi connectivity index (χ0n) is 11.2. The number of H-pyrrole nitrogens is 1. The fourth-order valence-electron chi connectivity index (χ4n) is 1.93. The number of anilines is 1. The van der Waals surface area contributed by atoms with Crippen LogP contribution in [0, 0.1) is 0 Å². The van der Waals surface area contributed by atoms with Gasteiger partial charge in [0.25, 0.3) is 5.91 Å². The first-order valence-electron chi connectivity index (χ1n) is 6.40. The van der Waals surface area contributed by atoms with E-state index in [0.717, 1.165) is 18.5 Å². The molecule has 7 heteroatoms. The number of rotatable bonds is 5. The van der Waals surface area contributed by atoms with Crippen LogP contribution in [0.1, 0.15) is 41.9 Å². The largest absolute Gasteiger partial charge is 0.395 e. The highest BCUT2D eigenvalue weighted by Gasteiger charge is 2.31. The van der Waals surface area contributed by atoms with Crippen LogP contribution in [0.15, 0.2) is 0 Å². The zero-order chi connectivity index (χ0) is 14.0. The SMILES string of the molecule is CCNC(=O)CN(C)C(=O)c1n[nH]c(C2CC2)c1N. The smallest absolute Gasteiger partial charge is 0.276 e. The molecule has 104 valence electrons. The van der Waals surface area contributed by atoms with Gasteiger partial charge in [-0.3, -0.25) is 14.7 Å². The molecule has 1 aromatic heterocycles. The molecule has 0 radical (unpaired) electrons. The minimum atomic E-state index is -0.341. The number of hydrogen-bond acceptors (Lipinski definition) is 4. The number of aromatic nitrogens is 2. The Kier molecular flexibility index (Phi) is 3.73. The second kappa shape index (κ2) is 5.29. The lowest BCUT2D eigenvalue weighted by molar-refractivity contribution is -0.121. The molecule has 19 heavy (non-hydrogen) atoms. The lowest BCUT2D eigenvalue weighted by atomic mass is 10.2. The number of nitrogens with two attached hydrogens (primary N) is 1. The summed E-state index contributed by atoms with van der Waals surface area (Å²) in [6, 6.07) is 0. The van der Waals surface area contributed by atoms with Crippen LogP contribution in [0.3, 0.4) is 0 Å². The summed E-state index contributed by atoms with van der Waals surface area (Å²) in [6.07, 6.45) is 2.16. The molecule has 0 saturated heterocycles. The average molecular weight is 265 g/mol. The van der Waals surface area contributed by atoms with Crippen LogP contribution >= 0.6 is 0 Å². The van der Waals surface area contributed by atoms with Crippen molar-refractivity contribution in [3.05, 3.63) is 11.4 Å². The molecule has 1 aliphatic carbocycles. The van der Waals surface area contributed by atoms with Gasteiger partial charge in [0, 0.05) is 19.5 Å². The molecule has 0 aliphatic heterocycles. The molecule has 1 aromatic rings. The van der Waals surface area contributed by atoms with Crippen LogP contribution in [0.2, 0.25) is 0 Å². The number of nitrogens with zero attached hydrogens (tertiary/aromatic N) is 2. The summed E-state index contributed by atoms with van der Waals surface area (Å²) in [5.41, 5.74) is 7.39. The third kappa shape index (κ3) is 2.86. The van der Waals surface area contributed by atoms with Gasteiger partial charge in [0.2, 0.25) is 5.91 Å². The monoisotopic (exact) mass is 265 g/mol. The van der Waals surface area contributed by atoms with E-state index in [1.165, 1.54) is 4.90 Å². The Morgan fingerprint density at radius 2 is 2.21 bits per heavy atom. The van der Waals surface area contributed by atoms with E-state index >= 15 is 0 Å². The number of carbonyl (C=O) groups excluding carboxylic acids is 2. The first kappa shape index (κ1) is 13.4. The van der Waals surface area contributed by atoms with Gasteiger partial charge in [-0.25, -0.2) is 0 Å². The standard InChI is InChI=1S/C12H19N5O2/c1-3-14-8(18)6-17(2)12(19)11-9(13)10(15-16-11)7-4-5-7/h7H,3-6,13H2,1-2H3,(H,14,18)(H,15,16). The minimum Gasteiger partial charge on any atom is -0.395 e. The van der Waals surface area contributed by atoms with Gasteiger partial charge in [-0.2, -0.15) is 5.10 Å². The summed E-state index contributed by atoms with van der Waals surface area (Å²) in [5, 5.41) is 9.44. The Bertz CT molecular complexity index is 492. The van der Waals surface area contributed by atoms with Gasteiger partial charge >= 0.3 is 0 Å².